The fourth-order valence-corrected chi connectivity index (χ4v) is 3.79. The number of nitrogens with zero attached hydrogens (tertiary/aromatic N) is 1. The zero-order valence-electron chi connectivity index (χ0n) is 14.6. The minimum absolute atomic E-state index is 0.0457. The van der Waals surface area contributed by atoms with Crippen molar-refractivity contribution in [3.05, 3.63) is 40.7 Å². The normalized spacial score (nSPS) is 18.8. The Morgan fingerprint density at radius 2 is 2.15 bits per heavy atom. The van der Waals surface area contributed by atoms with Gasteiger partial charge in [0, 0.05) is 37.2 Å². The van der Waals surface area contributed by atoms with Crippen LogP contribution in [0.1, 0.15) is 54.6 Å². The van der Waals surface area contributed by atoms with Gasteiger partial charge >= 0.3 is 0 Å². The van der Waals surface area contributed by atoms with Gasteiger partial charge in [0.25, 0.3) is 5.91 Å². The van der Waals surface area contributed by atoms with Crippen molar-refractivity contribution in [1.82, 2.24) is 9.72 Å². The van der Waals surface area contributed by atoms with Crippen molar-refractivity contribution < 1.29 is 18.7 Å². The molecule has 7 heteroatoms. The third-order valence-electron chi connectivity index (χ3n) is 5.18. The van der Waals surface area contributed by atoms with E-state index in [9.17, 15) is 18.7 Å². The van der Waals surface area contributed by atoms with Gasteiger partial charge in [-0.25, -0.2) is 8.78 Å². The standard InChI is InChI=1S/C19H23ClF2N2O2/c1-12(11-25)16-9-14(17-15(20)3-2-8-24(16)17)18(26)23-10-13-4-6-19(21,22)7-5-13/h2-3,8-9,12-13,25H,4-7,10-11H2,1H3,(H,23,26). The van der Waals surface area contributed by atoms with Crippen LogP contribution in [0.25, 0.3) is 5.52 Å². The zero-order valence-corrected chi connectivity index (χ0v) is 15.4. The molecule has 142 valence electrons. The molecule has 0 saturated heterocycles. The number of carbonyl (C=O) groups is 1. The van der Waals surface area contributed by atoms with Crippen LogP contribution in [0.2, 0.25) is 5.02 Å². The lowest BCUT2D eigenvalue weighted by Crippen LogP contribution is -2.33. The monoisotopic (exact) mass is 384 g/mol. The highest BCUT2D eigenvalue weighted by Gasteiger charge is 2.35. The minimum Gasteiger partial charge on any atom is -0.396 e. The highest BCUT2D eigenvalue weighted by atomic mass is 35.5. The summed E-state index contributed by atoms with van der Waals surface area (Å²) in [5.74, 6) is -2.92. The van der Waals surface area contributed by atoms with Crippen LogP contribution in [0.15, 0.2) is 24.4 Å². The van der Waals surface area contributed by atoms with Gasteiger partial charge < -0.3 is 14.8 Å². The second-order valence-electron chi connectivity index (χ2n) is 7.15. The molecule has 1 aliphatic carbocycles. The molecule has 3 rings (SSSR count). The van der Waals surface area contributed by atoms with Crippen molar-refractivity contribution >= 4 is 23.0 Å². The molecule has 0 spiro atoms. The van der Waals surface area contributed by atoms with Gasteiger partial charge in [0.2, 0.25) is 5.92 Å². The van der Waals surface area contributed by atoms with Gasteiger partial charge in [-0.2, -0.15) is 0 Å². The first-order chi connectivity index (χ1) is 12.3. The molecule has 1 atom stereocenters. The number of hydrogen-bond acceptors (Lipinski definition) is 2. The number of fused-ring (bicyclic) bond motifs is 1. The summed E-state index contributed by atoms with van der Waals surface area (Å²) in [5.41, 5.74) is 1.83. The summed E-state index contributed by atoms with van der Waals surface area (Å²) in [4.78, 5) is 12.7. The predicted octanol–water partition coefficient (Wildman–Crippen LogP) is 4.24. The number of rotatable bonds is 5. The maximum Gasteiger partial charge on any atom is 0.253 e. The summed E-state index contributed by atoms with van der Waals surface area (Å²) in [7, 11) is 0. The number of hydrogen-bond donors (Lipinski definition) is 2. The topological polar surface area (TPSA) is 53.7 Å². The number of nitrogens with one attached hydrogen (secondary N) is 1. The van der Waals surface area contributed by atoms with Crippen molar-refractivity contribution in [3.63, 3.8) is 0 Å². The van der Waals surface area contributed by atoms with Crippen molar-refractivity contribution in [2.75, 3.05) is 13.2 Å². The Kier molecular flexibility index (Phi) is 5.53. The molecule has 1 saturated carbocycles. The summed E-state index contributed by atoms with van der Waals surface area (Å²) in [6.45, 7) is 2.20. The van der Waals surface area contributed by atoms with E-state index >= 15 is 0 Å². The molecule has 1 unspecified atom stereocenters. The van der Waals surface area contributed by atoms with E-state index in [0.29, 0.717) is 35.5 Å². The Morgan fingerprint density at radius 3 is 2.81 bits per heavy atom. The molecule has 1 amide bonds. The van der Waals surface area contributed by atoms with E-state index in [1.54, 1.807) is 18.2 Å². The summed E-state index contributed by atoms with van der Waals surface area (Å²) < 4.78 is 28.3. The molecule has 2 N–H and O–H groups in total. The summed E-state index contributed by atoms with van der Waals surface area (Å²) in [6, 6.07) is 5.24. The highest BCUT2D eigenvalue weighted by molar-refractivity contribution is 6.34. The first kappa shape index (κ1) is 19.1. The van der Waals surface area contributed by atoms with E-state index in [1.165, 1.54) is 0 Å². The molecule has 1 fully saturated rings. The predicted molar refractivity (Wildman–Crippen MR) is 97.1 cm³/mol. The Bertz CT molecular complexity index is 796. The largest absolute Gasteiger partial charge is 0.396 e. The van der Waals surface area contributed by atoms with Crippen LogP contribution in [0.3, 0.4) is 0 Å². The smallest absolute Gasteiger partial charge is 0.253 e. The van der Waals surface area contributed by atoms with Crippen LogP contribution in [-0.2, 0) is 0 Å². The first-order valence-corrected chi connectivity index (χ1v) is 9.26. The zero-order chi connectivity index (χ0) is 18.9. The van der Waals surface area contributed by atoms with Crippen LogP contribution >= 0.6 is 11.6 Å². The molecule has 2 heterocycles. The van der Waals surface area contributed by atoms with Crippen molar-refractivity contribution in [2.24, 2.45) is 5.92 Å². The van der Waals surface area contributed by atoms with E-state index in [4.69, 9.17) is 11.6 Å². The van der Waals surface area contributed by atoms with Gasteiger partial charge in [-0.1, -0.05) is 18.5 Å². The summed E-state index contributed by atoms with van der Waals surface area (Å²) >= 11 is 6.30. The van der Waals surface area contributed by atoms with Crippen LogP contribution in [-0.4, -0.2) is 34.5 Å². The number of aliphatic hydroxyl groups is 1. The maximum absolute atomic E-state index is 13.2. The molecule has 0 aromatic carbocycles. The van der Waals surface area contributed by atoms with Gasteiger partial charge in [0.1, 0.15) is 0 Å². The van der Waals surface area contributed by atoms with Gasteiger partial charge in [-0.05, 0) is 37.0 Å². The Labute approximate surface area is 156 Å². The molecule has 26 heavy (non-hydrogen) atoms. The quantitative estimate of drug-likeness (QED) is 0.810. The highest BCUT2D eigenvalue weighted by Crippen LogP contribution is 2.36. The number of pyridine rings is 1. The third kappa shape index (κ3) is 3.86. The number of halogens is 3. The van der Waals surface area contributed by atoms with E-state index < -0.39 is 5.92 Å². The molecule has 2 aromatic heterocycles. The van der Waals surface area contributed by atoms with Crippen LogP contribution in [0, 0.1) is 5.92 Å². The van der Waals surface area contributed by atoms with Gasteiger partial charge in [0.05, 0.1) is 22.7 Å². The number of alkyl halides is 2. The molecule has 0 radical (unpaired) electrons. The molecular weight excluding hydrogens is 362 g/mol. The van der Waals surface area contributed by atoms with Crippen molar-refractivity contribution in [2.45, 2.75) is 44.4 Å². The second-order valence-corrected chi connectivity index (χ2v) is 7.56. The molecule has 2 aromatic rings. The molecule has 4 nitrogen and oxygen atoms in total. The van der Waals surface area contributed by atoms with Crippen molar-refractivity contribution in [1.29, 1.82) is 0 Å². The second kappa shape index (κ2) is 7.53. The molecule has 1 aliphatic rings. The fraction of sp³-hybridized carbons (Fsp3) is 0.526. The summed E-state index contributed by atoms with van der Waals surface area (Å²) in [5, 5.41) is 12.8. The number of aromatic nitrogens is 1. The van der Waals surface area contributed by atoms with Crippen LogP contribution in [0.5, 0.6) is 0 Å². The molecule has 0 aliphatic heterocycles. The van der Waals surface area contributed by atoms with Crippen molar-refractivity contribution in [3.8, 4) is 0 Å². The lowest BCUT2D eigenvalue weighted by atomic mass is 9.87. The van der Waals surface area contributed by atoms with E-state index in [2.05, 4.69) is 5.32 Å². The van der Waals surface area contributed by atoms with Crippen LogP contribution < -0.4 is 5.32 Å². The number of aliphatic hydroxyl groups excluding tert-OH is 1. The molecule has 0 bridgehead atoms. The fourth-order valence-electron chi connectivity index (χ4n) is 3.52. The number of carbonyl (C=O) groups excluding carboxylic acids is 1. The van der Waals surface area contributed by atoms with Gasteiger partial charge in [-0.3, -0.25) is 4.79 Å². The Morgan fingerprint density at radius 1 is 1.46 bits per heavy atom. The first-order valence-electron chi connectivity index (χ1n) is 8.89. The van der Waals surface area contributed by atoms with Gasteiger partial charge in [-0.15, -0.1) is 0 Å². The third-order valence-corrected chi connectivity index (χ3v) is 5.49. The van der Waals surface area contributed by atoms with E-state index in [0.717, 1.165) is 5.69 Å². The SMILES string of the molecule is CC(CO)c1cc(C(=O)NCC2CCC(F)(F)CC2)c2c(Cl)cccn12. The van der Waals surface area contributed by atoms with E-state index in [1.807, 2.05) is 17.5 Å². The average molecular weight is 385 g/mol. The lowest BCUT2D eigenvalue weighted by molar-refractivity contribution is -0.0452. The average Bonchev–Trinajstić information content (AvgIpc) is 3.01. The minimum atomic E-state index is -2.57. The summed E-state index contributed by atoms with van der Waals surface area (Å²) in [6.07, 6.45) is 2.40. The Hall–Kier alpha value is -1.66. The van der Waals surface area contributed by atoms with Gasteiger partial charge in [0.15, 0.2) is 0 Å². The van der Waals surface area contributed by atoms with Crippen LogP contribution in [0.4, 0.5) is 8.78 Å². The lowest BCUT2D eigenvalue weighted by Gasteiger charge is -2.28. The van der Waals surface area contributed by atoms with E-state index in [-0.39, 0.29) is 37.2 Å². The molecular formula is C19H23ClF2N2O2. The number of amides is 1. The maximum atomic E-state index is 13.2. The Balaban J connectivity index is 1.78.